The molecule has 0 N–H and O–H groups in total. The molecule has 0 radical (unpaired) electrons. The van der Waals surface area contributed by atoms with Gasteiger partial charge in [0.2, 0.25) is 0 Å². The molecule has 3 nitrogen and oxygen atoms in total. The van der Waals surface area contributed by atoms with Crippen LogP contribution >= 0.6 is 27.5 Å². The number of halogens is 2. The monoisotopic (exact) mass is 285 g/mol. The number of aryl methyl sites for hydroxylation is 1. The largest absolute Gasteiger partial charge is 0.237 e. The Hall–Kier alpha value is -0.870. The number of hydrogen-bond donors (Lipinski definition) is 0. The fourth-order valence-corrected chi connectivity index (χ4v) is 1.65. The highest BCUT2D eigenvalue weighted by molar-refractivity contribution is 9.08. The Balaban J connectivity index is 2.37. The van der Waals surface area contributed by atoms with Crippen molar-refractivity contribution >= 4 is 27.5 Å². The summed E-state index contributed by atoms with van der Waals surface area (Å²) in [6.45, 7) is 1.87. The second-order valence-electron chi connectivity index (χ2n) is 3.17. The lowest BCUT2D eigenvalue weighted by Gasteiger charge is -2.00. The fourth-order valence-electron chi connectivity index (χ4n) is 1.19. The molecular formula is C10H9BrClN3. The third-order valence-electron chi connectivity index (χ3n) is 2.04. The molecule has 2 aromatic heterocycles. The second-order valence-corrected chi connectivity index (χ2v) is 4.13. The van der Waals surface area contributed by atoms with Gasteiger partial charge < -0.3 is 0 Å². The van der Waals surface area contributed by atoms with Gasteiger partial charge in [-0.1, -0.05) is 33.6 Å². The molecule has 0 saturated carbocycles. The number of pyridine rings is 1. The van der Waals surface area contributed by atoms with E-state index < -0.39 is 0 Å². The highest BCUT2D eigenvalue weighted by atomic mass is 79.9. The van der Waals surface area contributed by atoms with Crippen LogP contribution in [0, 0.1) is 6.92 Å². The number of nitrogens with zero attached hydrogens (tertiary/aromatic N) is 3. The van der Waals surface area contributed by atoms with Crippen LogP contribution in [-0.2, 0) is 5.33 Å². The molecule has 2 heterocycles. The molecule has 0 unspecified atom stereocenters. The van der Waals surface area contributed by atoms with Crippen LogP contribution in [0.25, 0.3) is 5.82 Å². The maximum Gasteiger partial charge on any atom is 0.153 e. The molecule has 0 spiro atoms. The van der Waals surface area contributed by atoms with Crippen LogP contribution in [0.5, 0.6) is 0 Å². The topological polar surface area (TPSA) is 30.7 Å². The number of aromatic nitrogens is 3. The minimum absolute atomic E-state index is 0.654. The van der Waals surface area contributed by atoms with Crippen LogP contribution in [0.4, 0.5) is 0 Å². The van der Waals surface area contributed by atoms with Crippen molar-refractivity contribution in [3.63, 3.8) is 0 Å². The van der Waals surface area contributed by atoms with E-state index in [1.54, 1.807) is 10.9 Å². The molecule has 0 aliphatic carbocycles. The van der Waals surface area contributed by atoms with Gasteiger partial charge in [-0.05, 0) is 18.6 Å². The Kier molecular flexibility index (Phi) is 3.07. The van der Waals surface area contributed by atoms with E-state index in [1.807, 2.05) is 25.3 Å². The summed E-state index contributed by atoms with van der Waals surface area (Å²) in [4.78, 5) is 4.29. The lowest BCUT2D eigenvalue weighted by Crippen LogP contribution is -1.98. The molecule has 0 saturated heterocycles. The summed E-state index contributed by atoms with van der Waals surface area (Å²) in [6, 6.07) is 3.92. The van der Waals surface area contributed by atoms with Gasteiger partial charge in [0, 0.05) is 11.5 Å². The van der Waals surface area contributed by atoms with Crippen LogP contribution in [0.15, 0.2) is 24.5 Å². The molecule has 0 amide bonds. The van der Waals surface area contributed by atoms with Crippen molar-refractivity contribution in [3.8, 4) is 5.82 Å². The summed E-state index contributed by atoms with van der Waals surface area (Å²) in [6.07, 6.45) is 3.57. The van der Waals surface area contributed by atoms with Gasteiger partial charge in [0.15, 0.2) is 5.82 Å². The summed E-state index contributed by atoms with van der Waals surface area (Å²) in [5.74, 6) is 0.773. The molecule has 0 aliphatic rings. The molecule has 15 heavy (non-hydrogen) atoms. The third kappa shape index (κ3) is 2.21. The van der Waals surface area contributed by atoms with E-state index in [0.29, 0.717) is 5.02 Å². The van der Waals surface area contributed by atoms with Crippen molar-refractivity contribution < 1.29 is 0 Å². The number of alkyl halides is 1. The van der Waals surface area contributed by atoms with Gasteiger partial charge in [0.05, 0.1) is 16.9 Å². The smallest absolute Gasteiger partial charge is 0.153 e. The summed E-state index contributed by atoms with van der Waals surface area (Å²) in [7, 11) is 0. The molecule has 2 aromatic rings. The molecule has 0 bridgehead atoms. The van der Waals surface area contributed by atoms with Crippen LogP contribution in [0.2, 0.25) is 5.02 Å². The average molecular weight is 287 g/mol. The molecule has 0 fully saturated rings. The van der Waals surface area contributed by atoms with Gasteiger partial charge >= 0.3 is 0 Å². The quantitative estimate of drug-likeness (QED) is 0.794. The predicted molar refractivity (Wildman–Crippen MR) is 63.7 cm³/mol. The van der Waals surface area contributed by atoms with Gasteiger partial charge in [-0.25, -0.2) is 9.67 Å². The van der Waals surface area contributed by atoms with Crippen LogP contribution in [-0.4, -0.2) is 14.8 Å². The summed E-state index contributed by atoms with van der Waals surface area (Å²) < 4.78 is 1.68. The fraction of sp³-hybridized carbons (Fsp3) is 0.200. The Morgan fingerprint density at radius 3 is 2.73 bits per heavy atom. The average Bonchev–Trinajstić information content (AvgIpc) is 2.59. The Morgan fingerprint density at radius 2 is 2.27 bits per heavy atom. The molecule has 0 aromatic carbocycles. The van der Waals surface area contributed by atoms with E-state index in [9.17, 15) is 0 Å². The van der Waals surface area contributed by atoms with E-state index in [2.05, 4.69) is 26.0 Å². The number of hydrogen-bond acceptors (Lipinski definition) is 2. The van der Waals surface area contributed by atoms with E-state index >= 15 is 0 Å². The summed E-state index contributed by atoms with van der Waals surface area (Å²) in [5.41, 5.74) is 1.94. The first-order valence-electron chi connectivity index (χ1n) is 4.44. The van der Waals surface area contributed by atoms with Gasteiger partial charge in [-0.15, -0.1) is 0 Å². The van der Waals surface area contributed by atoms with E-state index in [-0.39, 0.29) is 0 Å². The molecule has 78 valence electrons. The Labute approximate surface area is 101 Å². The van der Waals surface area contributed by atoms with E-state index in [4.69, 9.17) is 11.6 Å². The molecule has 2 rings (SSSR count). The zero-order valence-electron chi connectivity index (χ0n) is 8.11. The summed E-state index contributed by atoms with van der Waals surface area (Å²) >= 11 is 9.29. The van der Waals surface area contributed by atoms with Crippen LogP contribution < -0.4 is 0 Å². The van der Waals surface area contributed by atoms with E-state index in [0.717, 1.165) is 22.4 Å². The first kappa shape index (κ1) is 10.6. The Bertz CT molecular complexity index is 445. The zero-order valence-corrected chi connectivity index (χ0v) is 10.5. The van der Waals surface area contributed by atoms with Gasteiger partial charge in [0.25, 0.3) is 0 Å². The maximum absolute atomic E-state index is 5.92. The standard InChI is InChI=1S/C10H9BrClN3/c1-7-9(12)6-15(14-7)10-3-2-8(4-11)5-13-10/h2-3,5-6H,4H2,1H3. The maximum atomic E-state index is 5.92. The van der Waals surface area contributed by atoms with Gasteiger partial charge in [-0.3, -0.25) is 0 Å². The molecular weight excluding hydrogens is 277 g/mol. The van der Waals surface area contributed by atoms with Crippen LogP contribution in [0.1, 0.15) is 11.3 Å². The normalized spacial score (nSPS) is 10.6. The van der Waals surface area contributed by atoms with Gasteiger partial charge in [0.1, 0.15) is 0 Å². The van der Waals surface area contributed by atoms with E-state index in [1.165, 1.54) is 0 Å². The minimum atomic E-state index is 0.654. The first-order chi connectivity index (χ1) is 7.20. The lowest BCUT2D eigenvalue weighted by molar-refractivity contribution is 0.831. The highest BCUT2D eigenvalue weighted by Gasteiger charge is 2.04. The zero-order chi connectivity index (χ0) is 10.8. The van der Waals surface area contributed by atoms with Crippen molar-refractivity contribution in [1.29, 1.82) is 0 Å². The second kappa shape index (κ2) is 4.33. The van der Waals surface area contributed by atoms with Crippen LogP contribution in [0.3, 0.4) is 0 Å². The van der Waals surface area contributed by atoms with Gasteiger partial charge in [-0.2, -0.15) is 5.10 Å². The van der Waals surface area contributed by atoms with Crippen molar-refractivity contribution in [2.24, 2.45) is 0 Å². The SMILES string of the molecule is Cc1nn(-c2ccc(CBr)cn2)cc1Cl. The minimum Gasteiger partial charge on any atom is -0.237 e. The molecule has 0 atom stereocenters. The molecule has 0 aliphatic heterocycles. The predicted octanol–water partition coefficient (Wildman–Crippen LogP) is 3.12. The number of rotatable bonds is 2. The van der Waals surface area contributed by atoms with Crippen molar-refractivity contribution in [2.75, 3.05) is 0 Å². The first-order valence-corrected chi connectivity index (χ1v) is 5.93. The summed E-state index contributed by atoms with van der Waals surface area (Å²) in [5, 5.41) is 5.71. The highest BCUT2D eigenvalue weighted by Crippen LogP contribution is 2.15. The van der Waals surface area contributed by atoms with Crippen molar-refractivity contribution in [1.82, 2.24) is 14.8 Å². The van der Waals surface area contributed by atoms with Crippen molar-refractivity contribution in [2.45, 2.75) is 12.3 Å². The van der Waals surface area contributed by atoms with Crippen molar-refractivity contribution in [3.05, 3.63) is 40.8 Å². The lowest BCUT2D eigenvalue weighted by atomic mass is 10.3. The Morgan fingerprint density at radius 1 is 1.47 bits per heavy atom. The molecule has 5 heteroatoms. The third-order valence-corrected chi connectivity index (χ3v) is 3.06.